The van der Waals surface area contributed by atoms with Crippen LogP contribution in [0.5, 0.6) is 0 Å². The Balaban J connectivity index is 0. The summed E-state index contributed by atoms with van der Waals surface area (Å²) in [7, 11) is 0. The van der Waals surface area contributed by atoms with Crippen molar-refractivity contribution in [2.24, 2.45) is 0 Å². The van der Waals surface area contributed by atoms with Crippen molar-refractivity contribution in [3.05, 3.63) is 12.3 Å². The van der Waals surface area contributed by atoms with Crippen LogP contribution < -0.4 is 34.7 Å². The van der Waals surface area contributed by atoms with E-state index in [9.17, 15) is 19.8 Å². The normalized spacial score (nSPS) is 19.0. The zero-order valence-electron chi connectivity index (χ0n) is 20.7. The van der Waals surface area contributed by atoms with Gasteiger partial charge in [-0.25, -0.2) is 0 Å². The maximum absolute atomic E-state index is 11.6. The van der Waals surface area contributed by atoms with E-state index in [0.717, 1.165) is 26.1 Å². The smallest absolute Gasteiger partial charge is 0.875 e. The van der Waals surface area contributed by atoms with Crippen LogP contribution in [0, 0.1) is 0 Å². The fourth-order valence-corrected chi connectivity index (χ4v) is 3.48. The summed E-state index contributed by atoms with van der Waals surface area (Å²) in [5, 5.41) is 20.8. The number of carbonyl (C=O) groups excluding carboxylic acids is 1. The molecule has 0 bridgehead atoms. The molecule has 0 saturated carbocycles. The van der Waals surface area contributed by atoms with Crippen LogP contribution >= 0.6 is 0 Å². The molecule has 0 radical (unpaired) electrons. The maximum Gasteiger partial charge on any atom is 1.00 e. The summed E-state index contributed by atoms with van der Waals surface area (Å²) in [4.78, 5) is 31.3. The van der Waals surface area contributed by atoms with E-state index in [1.807, 2.05) is 23.6 Å². The van der Waals surface area contributed by atoms with E-state index < -0.39 is 5.97 Å². The van der Waals surface area contributed by atoms with Crippen molar-refractivity contribution in [3.63, 3.8) is 0 Å². The summed E-state index contributed by atoms with van der Waals surface area (Å²) in [6.45, 7) is 19.6. The molecule has 0 aromatic heterocycles. The molecule has 1 N–H and O–H groups in total. The van der Waals surface area contributed by atoms with Crippen molar-refractivity contribution in [2.75, 3.05) is 72.0 Å². The zero-order chi connectivity index (χ0) is 23.1. The largest absolute Gasteiger partial charge is 1.00 e. The third-order valence-corrected chi connectivity index (χ3v) is 5.29. The molecule has 1 heterocycles. The Morgan fingerprint density at radius 2 is 1.29 bits per heavy atom. The number of ketones is 1. The number of carboxylic acid groups (broad SMARTS) is 1. The van der Waals surface area contributed by atoms with Gasteiger partial charge in [0.05, 0.1) is 13.1 Å². The number of carboxylic acids is 1. The molecule has 0 aromatic rings. The average molecular weight is 451 g/mol. The second-order valence-electron chi connectivity index (χ2n) is 7.76. The first-order chi connectivity index (χ1) is 14.2. The average Bonchev–Trinajstić information content (AvgIpc) is 2.67. The molecule has 0 amide bonds. The van der Waals surface area contributed by atoms with Crippen LogP contribution in [0.3, 0.4) is 0 Å². The van der Waals surface area contributed by atoms with Gasteiger partial charge in [0.25, 0.3) is 0 Å². The molecule has 1 rings (SSSR count). The molecular weight excluding hydrogens is 407 g/mol. The molecule has 31 heavy (non-hydrogen) atoms. The Hall–Kier alpha value is -0.480. The predicted molar refractivity (Wildman–Crippen MR) is 119 cm³/mol. The number of aliphatic carboxylic acids is 1. The molecule has 0 spiro atoms. The van der Waals surface area contributed by atoms with Gasteiger partial charge in [-0.05, 0) is 20.3 Å². The van der Waals surface area contributed by atoms with Crippen LogP contribution in [0.15, 0.2) is 12.3 Å². The van der Waals surface area contributed by atoms with Crippen LogP contribution in [0.1, 0.15) is 41.0 Å². The van der Waals surface area contributed by atoms with Crippen LogP contribution in [0.4, 0.5) is 0 Å². The SMILES string of the molecule is C=C([O-])CN1CCN(CC(C)=O)CCN(CC(=O)O)CCN(C(C)CC)CC1.CC.[Na+]. The van der Waals surface area contributed by atoms with E-state index in [1.54, 1.807) is 6.92 Å². The van der Waals surface area contributed by atoms with Crippen molar-refractivity contribution in [2.45, 2.75) is 47.1 Å². The fraction of sp³-hybridized carbons (Fsp3) is 0.818. The summed E-state index contributed by atoms with van der Waals surface area (Å²) >= 11 is 0. The molecule has 1 atom stereocenters. The van der Waals surface area contributed by atoms with E-state index in [2.05, 4.69) is 30.2 Å². The van der Waals surface area contributed by atoms with Gasteiger partial charge in [-0.3, -0.25) is 29.2 Å². The molecule has 176 valence electrons. The molecule has 0 aromatic carbocycles. The van der Waals surface area contributed by atoms with Crippen LogP contribution in [-0.4, -0.2) is 114 Å². The number of hydrogen-bond acceptors (Lipinski definition) is 7. The molecule has 9 heteroatoms. The maximum atomic E-state index is 11.6. The van der Waals surface area contributed by atoms with Gasteiger partial charge in [0, 0.05) is 64.9 Å². The third-order valence-electron chi connectivity index (χ3n) is 5.29. The summed E-state index contributed by atoms with van der Waals surface area (Å²) in [6, 6.07) is 0.390. The van der Waals surface area contributed by atoms with Crippen LogP contribution in [0.25, 0.3) is 0 Å². The van der Waals surface area contributed by atoms with Crippen molar-refractivity contribution in [1.82, 2.24) is 19.6 Å². The fourth-order valence-electron chi connectivity index (χ4n) is 3.48. The van der Waals surface area contributed by atoms with E-state index >= 15 is 0 Å². The van der Waals surface area contributed by atoms with Crippen LogP contribution in [0.2, 0.25) is 0 Å². The van der Waals surface area contributed by atoms with Gasteiger partial charge in [-0.1, -0.05) is 20.8 Å². The van der Waals surface area contributed by atoms with Gasteiger partial charge >= 0.3 is 35.5 Å². The molecule has 1 aliphatic rings. The van der Waals surface area contributed by atoms with Gasteiger partial charge in [0.2, 0.25) is 0 Å². The second-order valence-corrected chi connectivity index (χ2v) is 7.76. The van der Waals surface area contributed by atoms with Crippen molar-refractivity contribution >= 4 is 11.8 Å². The first-order valence-electron chi connectivity index (χ1n) is 11.2. The first kappa shape index (κ1) is 32.7. The number of hydrogen-bond donors (Lipinski definition) is 1. The Labute approximate surface area is 211 Å². The van der Waals surface area contributed by atoms with Crippen molar-refractivity contribution < 1.29 is 49.4 Å². The topological polar surface area (TPSA) is 90.4 Å². The third kappa shape index (κ3) is 15.9. The second kappa shape index (κ2) is 19.0. The predicted octanol–water partition coefficient (Wildman–Crippen LogP) is -2.42. The van der Waals surface area contributed by atoms with Gasteiger partial charge in [-0.2, -0.15) is 0 Å². The summed E-state index contributed by atoms with van der Waals surface area (Å²) in [5.41, 5.74) is 0. The van der Waals surface area contributed by atoms with E-state index in [1.165, 1.54) is 0 Å². The minimum Gasteiger partial charge on any atom is -0.875 e. The summed E-state index contributed by atoms with van der Waals surface area (Å²) < 4.78 is 0. The van der Waals surface area contributed by atoms with E-state index in [0.29, 0.717) is 51.9 Å². The summed E-state index contributed by atoms with van der Waals surface area (Å²) in [5.74, 6) is -0.854. The minimum absolute atomic E-state index is 0. The molecule has 8 nitrogen and oxygen atoms in total. The number of carbonyl (C=O) groups is 2. The molecular formula is C22H43N4NaO4. The Bertz CT molecular complexity index is 490. The molecule has 1 unspecified atom stereocenters. The van der Waals surface area contributed by atoms with Crippen molar-refractivity contribution in [3.8, 4) is 0 Å². The quantitative estimate of drug-likeness (QED) is 0.323. The molecule has 1 fully saturated rings. The van der Waals surface area contributed by atoms with Crippen LogP contribution in [-0.2, 0) is 9.59 Å². The Morgan fingerprint density at radius 1 is 0.903 bits per heavy atom. The number of Topliss-reactive ketones (excluding diaryl/α,β-unsaturated/α-hetero) is 1. The zero-order valence-corrected chi connectivity index (χ0v) is 22.7. The monoisotopic (exact) mass is 450 g/mol. The number of rotatable bonds is 8. The molecule has 0 aliphatic carbocycles. The van der Waals surface area contributed by atoms with Gasteiger partial charge in [0.15, 0.2) is 0 Å². The van der Waals surface area contributed by atoms with Gasteiger partial charge in [-0.15, -0.1) is 12.3 Å². The Kier molecular flexibility index (Phi) is 20.1. The Morgan fingerprint density at radius 3 is 1.65 bits per heavy atom. The number of nitrogens with zero attached hydrogens (tertiary/aromatic N) is 4. The minimum atomic E-state index is -0.833. The standard InChI is InChI=1S/C20H38N4O4.C2H6.Na/c1-5-17(2)24-12-10-22(15-19(4)26)7-6-21(14-18(3)25)8-9-23(11-13-24)16-20(27)28;1-2;/h17,26H,4-16H2,1-3H3,(H,27,28);1-2H3;/q;;+1/p-1. The van der Waals surface area contributed by atoms with Gasteiger partial charge < -0.3 is 10.2 Å². The van der Waals surface area contributed by atoms with Crippen molar-refractivity contribution in [1.29, 1.82) is 0 Å². The molecule has 1 aliphatic heterocycles. The molecule has 1 saturated heterocycles. The van der Waals surface area contributed by atoms with E-state index in [-0.39, 0.29) is 47.6 Å². The van der Waals surface area contributed by atoms with E-state index in [4.69, 9.17) is 0 Å². The summed E-state index contributed by atoms with van der Waals surface area (Å²) in [6.07, 6.45) is 1.01. The first-order valence-corrected chi connectivity index (χ1v) is 11.2. The van der Waals surface area contributed by atoms with Gasteiger partial charge in [0.1, 0.15) is 5.78 Å².